The Morgan fingerprint density at radius 2 is 1.96 bits per heavy atom. The number of rotatable bonds is 3. The lowest BCUT2D eigenvalue weighted by Crippen LogP contribution is -2.46. The van der Waals surface area contributed by atoms with E-state index >= 15 is 0 Å². The van der Waals surface area contributed by atoms with E-state index in [1.165, 1.54) is 0 Å². The molecule has 1 aromatic carbocycles. The molecule has 0 radical (unpaired) electrons. The first-order valence-corrected chi connectivity index (χ1v) is 10.3. The number of carbonyl (C=O) groups is 1. The number of carbonyl (C=O) groups excluding carboxylic acids is 1. The summed E-state index contributed by atoms with van der Waals surface area (Å²) in [5.41, 5.74) is 1.52. The fraction of sp³-hybridized carbons (Fsp3) is 0.556. The van der Waals surface area contributed by atoms with Crippen molar-refractivity contribution in [3.63, 3.8) is 0 Å². The van der Waals surface area contributed by atoms with Gasteiger partial charge in [0.2, 0.25) is 14.9 Å². The summed E-state index contributed by atoms with van der Waals surface area (Å²) in [6.45, 7) is 7.81. The van der Waals surface area contributed by atoms with Crippen molar-refractivity contribution >= 4 is 26.5 Å². The summed E-state index contributed by atoms with van der Waals surface area (Å²) in [6, 6.07) is 5.16. The van der Waals surface area contributed by atoms with Crippen LogP contribution in [0.3, 0.4) is 0 Å². The van der Waals surface area contributed by atoms with Gasteiger partial charge in [-0.1, -0.05) is 19.9 Å². The molecule has 136 valence electrons. The third-order valence-corrected chi connectivity index (χ3v) is 6.53. The lowest BCUT2D eigenvalue weighted by Gasteiger charge is -2.32. The monoisotopic (exact) mass is 363 g/mol. The van der Waals surface area contributed by atoms with E-state index in [0.29, 0.717) is 31.2 Å². The molecule has 0 aliphatic carbocycles. The van der Waals surface area contributed by atoms with Crippen molar-refractivity contribution in [1.82, 2.24) is 4.90 Å². The summed E-state index contributed by atoms with van der Waals surface area (Å²) < 4.78 is 26.0. The number of hydrogen-bond acceptors (Lipinski definition) is 5. The van der Waals surface area contributed by atoms with Crippen molar-refractivity contribution in [2.45, 2.75) is 44.9 Å². The van der Waals surface area contributed by atoms with Crippen molar-refractivity contribution in [1.29, 1.82) is 0 Å². The van der Waals surface area contributed by atoms with Crippen LogP contribution >= 0.6 is 0 Å². The number of fused-ring (bicyclic) bond motifs is 1. The van der Waals surface area contributed by atoms with Crippen molar-refractivity contribution < 1.29 is 13.2 Å². The zero-order chi connectivity index (χ0) is 18.2. The smallest absolute Gasteiger partial charge is 0.286 e. The summed E-state index contributed by atoms with van der Waals surface area (Å²) in [5, 5.41) is 5.59. The van der Waals surface area contributed by atoms with E-state index in [0.717, 1.165) is 24.8 Å². The van der Waals surface area contributed by atoms with Gasteiger partial charge in [-0.05, 0) is 49.8 Å². The molecule has 3 rings (SSSR count). The van der Waals surface area contributed by atoms with Gasteiger partial charge in [-0.2, -0.15) is 5.10 Å². The molecule has 25 heavy (non-hydrogen) atoms. The molecule has 0 unspecified atom stereocenters. The number of amides is 1. The fourth-order valence-electron chi connectivity index (χ4n) is 3.26. The third kappa shape index (κ3) is 3.29. The minimum Gasteiger partial charge on any atom is -0.337 e. The normalized spacial score (nSPS) is 20.2. The molecule has 0 atom stereocenters. The maximum absolute atomic E-state index is 13.0. The molecular formula is C18H25N3O3S. The zero-order valence-electron chi connectivity index (χ0n) is 15.0. The van der Waals surface area contributed by atoms with Crippen LogP contribution in [-0.4, -0.2) is 43.9 Å². The molecule has 0 aromatic heterocycles. The standard InChI is InChI=1S/C18H25N3O3S/c1-4-9-21-15-12-14(3)5-6-16(15)25(23,24)17(19-21)18(22)20-10-7-13(2)8-11-20/h5-6,12-13H,4,7-11H2,1-3H3. The molecule has 2 aliphatic heterocycles. The van der Waals surface area contributed by atoms with Crippen LogP contribution in [0.2, 0.25) is 0 Å². The number of aryl methyl sites for hydroxylation is 1. The number of benzene rings is 1. The molecular weight excluding hydrogens is 338 g/mol. The van der Waals surface area contributed by atoms with Crippen molar-refractivity contribution in [2.24, 2.45) is 11.0 Å². The highest BCUT2D eigenvalue weighted by molar-refractivity contribution is 8.08. The number of likely N-dealkylation sites (tertiary alicyclic amines) is 1. The number of nitrogens with zero attached hydrogens (tertiary/aromatic N) is 3. The summed E-state index contributed by atoms with van der Waals surface area (Å²) in [7, 11) is -3.90. The Morgan fingerprint density at radius 3 is 2.60 bits per heavy atom. The van der Waals surface area contributed by atoms with E-state index in [1.807, 2.05) is 19.9 Å². The van der Waals surface area contributed by atoms with Crippen molar-refractivity contribution in [3.05, 3.63) is 23.8 Å². The van der Waals surface area contributed by atoms with E-state index in [1.54, 1.807) is 22.0 Å². The van der Waals surface area contributed by atoms with Crippen LogP contribution in [0.5, 0.6) is 0 Å². The fourth-order valence-corrected chi connectivity index (χ4v) is 4.72. The highest BCUT2D eigenvalue weighted by Gasteiger charge is 2.39. The van der Waals surface area contributed by atoms with E-state index in [9.17, 15) is 13.2 Å². The van der Waals surface area contributed by atoms with Crippen LogP contribution in [0.1, 0.15) is 38.7 Å². The predicted octanol–water partition coefficient (Wildman–Crippen LogP) is 2.57. The zero-order valence-corrected chi connectivity index (χ0v) is 15.8. The van der Waals surface area contributed by atoms with Gasteiger partial charge in [0.15, 0.2) is 0 Å². The second kappa shape index (κ2) is 6.78. The second-order valence-corrected chi connectivity index (χ2v) is 8.81. The van der Waals surface area contributed by atoms with E-state index < -0.39 is 15.7 Å². The molecule has 1 fully saturated rings. The summed E-state index contributed by atoms with van der Waals surface area (Å²) in [6.07, 6.45) is 2.60. The highest BCUT2D eigenvalue weighted by Crippen LogP contribution is 2.33. The Morgan fingerprint density at radius 1 is 1.28 bits per heavy atom. The average molecular weight is 363 g/mol. The molecule has 0 bridgehead atoms. The van der Waals surface area contributed by atoms with Crippen LogP contribution < -0.4 is 5.01 Å². The quantitative estimate of drug-likeness (QED) is 0.828. The number of piperidine rings is 1. The second-order valence-electron chi connectivity index (χ2n) is 6.98. The van der Waals surface area contributed by atoms with Gasteiger partial charge >= 0.3 is 0 Å². The Balaban J connectivity index is 2.01. The van der Waals surface area contributed by atoms with E-state index in [-0.39, 0.29) is 9.94 Å². The van der Waals surface area contributed by atoms with Gasteiger partial charge in [-0.3, -0.25) is 9.80 Å². The average Bonchev–Trinajstić information content (AvgIpc) is 2.57. The van der Waals surface area contributed by atoms with Gasteiger partial charge in [0.1, 0.15) is 0 Å². The van der Waals surface area contributed by atoms with Crippen molar-refractivity contribution in [2.75, 3.05) is 24.6 Å². The van der Waals surface area contributed by atoms with Crippen LogP contribution in [0.15, 0.2) is 28.2 Å². The Labute approximate surface area is 149 Å². The molecule has 1 aromatic rings. The molecule has 1 amide bonds. The van der Waals surface area contributed by atoms with Gasteiger partial charge in [0.05, 0.1) is 10.6 Å². The summed E-state index contributed by atoms with van der Waals surface area (Å²) >= 11 is 0. The number of hydrazone groups is 1. The molecule has 1 saturated heterocycles. The van der Waals surface area contributed by atoms with Crippen LogP contribution in [0, 0.1) is 12.8 Å². The molecule has 0 spiro atoms. The molecule has 0 N–H and O–H groups in total. The predicted molar refractivity (Wildman–Crippen MR) is 98.4 cm³/mol. The first kappa shape index (κ1) is 17.9. The van der Waals surface area contributed by atoms with Crippen LogP contribution in [0.4, 0.5) is 5.69 Å². The van der Waals surface area contributed by atoms with Crippen LogP contribution in [-0.2, 0) is 14.6 Å². The van der Waals surface area contributed by atoms with Gasteiger partial charge in [0.25, 0.3) is 5.91 Å². The minimum absolute atomic E-state index is 0.176. The summed E-state index contributed by atoms with van der Waals surface area (Å²) in [4.78, 5) is 14.7. The Hall–Kier alpha value is -1.89. The third-order valence-electron chi connectivity index (χ3n) is 4.84. The maximum Gasteiger partial charge on any atom is 0.286 e. The van der Waals surface area contributed by atoms with Gasteiger partial charge < -0.3 is 4.90 Å². The first-order valence-electron chi connectivity index (χ1n) is 8.85. The maximum atomic E-state index is 13.0. The molecule has 2 aliphatic rings. The van der Waals surface area contributed by atoms with Crippen LogP contribution in [0.25, 0.3) is 0 Å². The lowest BCUT2D eigenvalue weighted by atomic mass is 9.99. The first-order chi connectivity index (χ1) is 11.8. The lowest BCUT2D eigenvalue weighted by molar-refractivity contribution is -0.125. The summed E-state index contributed by atoms with van der Waals surface area (Å²) in [5.74, 6) is 0.0912. The number of anilines is 1. The van der Waals surface area contributed by atoms with Gasteiger partial charge in [-0.15, -0.1) is 0 Å². The number of hydrogen-bond donors (Lipinski definition) is 0. The topological polar surface area (TPSA) is 70.1 Å². The largest absolute Gasteiger partial charge is 0.337 e. The van der Waals surface area contributed by atoms with Gasteiger partial charge in [-0.25, -0.2) is 8.42 Å². The molecule has 2 heterocycles. The minimum atomic E-state index is -3.90. The van der Waals surface area contributed by atoms with E-state index in [4.69, 9.17) is 0 Å². The molecule has 0 saturated carbocycles. The Bertz CT molecular complexity index is 809. The Kier molecular flexibility index (Phi) is 4.86. The number of sulfone groups is 1. The molecule has 7 heteroatoms. The van der Waals surface area contributed by atoms with E-state index in [2.05, 4.69) is 12.0 Å². The highest BCUT2D eigenvalue weighted by atomic mass is 32.2. The molecule has 6 nitrogen and oxygen atoms in total. The van der Waals surface area contributed by atoms with Gasteiger partial charge in [0, 0.05) is 19.6 Å². The SMILES string of the molecule is CCCN1N=C(C(=O)N2CCC(C)CC2)S(=O)(=O)c2ccc(C)cc21. The van der Waals surface area contributed by atoms with Crippen molar-refractivity contribution in [3.8, 4) is 0 Å².